The zero-order valence-corrected chi connectivity index (χ0v) is 12.1. The van der Waals surface area contributed by atoms with E-state index in [1.165, 1.54) is 22.3 Å². The topological polar surface area (TPSA) is 15.3 Å². The number of aryl methyl sites for hydroxylation is 1. The summed E-state index contributed by atoms with van der Waals surface area (Å²) in [5.74, 6) is 0. The first kappa shape index (κ1) is 14.2. The van der Waals surface area contributed by atoms with Crippen LogP contribution in [0.5, 0.6) is 0 Å². The number of hydrogen-bond acceptors (Lipinski definition) is 2. The zero-order chi connectivity index (χ0) is 13.0. The molecule has 0 aliphatic heterocycles. The molecule has 0 radical (unpaired) electrons. The van der Waals surface area contributed by atoms with Gasteiger partial charge in [0.1, 0.15) is 0 Å². The predicted molar refractivity (Wildman–Crippen MR) is 75.6 cm³/mol. The highest BCUT2D eigenvalue weighted by molar-refractivity contribution is 5.40. The standard InChI is InChI=1S/C15H26N2/c1-7-16-10-15(17(5)6)14-9-8-11(2)12(3)13(14)4/h8-9,15-16H,7,10H2,1-6H3. The predicted octanol–water partition coefficient (Wildman–Crippen LogP) is 2.82. The first-order chi connectivity index (χ1) is 7.99. The summed E-state index contributed by atoms with van der Waals surface area (Å²) >= 11 is 0. The summed E-state index contributed by atoms with van der Waals surface area (Å²) in [6, 6.07) is 4.97. The fourth-order valence-electron chi connectivity index (χ4n) is 2.19. The Morgan fingerprint density at radius 3 is 2.29 bits per heavy atom. The van der Waals surface area contributed by atoms with E-state index < -0.39 is 0 Å². The molecule has 17 heavy (non-hydrogen) atoms. The van der Waals surface area contributed by atoms with Crippen LogP contribution in [0, 0.1) is 20.8 Å². The highest BCUT2D eigenvalue weighted by Crippen LogP contribution is 2.25. The van der Waals surface area contributed by atoms with E-state index in [1.54, 1.807) is 0 Å². The molecule has 0 saturated carbocycles. The van der Waals surface area contributed by atoms with Crippen molar-refractivity contribution >= 4 is 0 Å². The molecule has 1 aromatic rings. The normalized spacial score (nSPS) is 13.1. The van der Waals surface area contributed by atoms with E-state index in [0.29, 0.717) is 6.04 Å². The Kier molecular flexibility index (Phi) is 5.16. The molecule has 1 aromatic carbocycles. The minimum absolute atomic E-state index is 0.453. The van der Waals surface area contributed by atoms with E-state index in [1.807, 2.05) is 0 Å². The molecule has 0 fully saturated rings. The summed E-state index contributed by atoms with van der Waals surface area (Å²) in [7, 11) is 4.30. The molecule has 0 saturated heterocycles. The molecule has 96 valence electrons. The molecule has 0 aliphatic rings. The van der Waals surface area contributed by atoms with Crippen molar-refractivity contribution in [3.63, 3.8) is 0 Å². The average molecular weight is 234 g/mol. The molecule has 1 rings (SSSR count). The quantitative estimate of drug-likeness (QED) is 0.843. The van der Waals surface area contributed by atoms with E-state index in [2.05, 4.69) is 64.1 Å². The third kappa shape index (κ3) is 3.30. The first-order valence-electron chi connectivity index (χ1n) is 6.42. The van der Waals surface area contributed by atoms with Crippen molar-refractivity contribution in [2.45, 2.75) is 33.7 Å². The first-order valence-corrected chi connectivity index (χ1v) is 6.42. The highest BCUT2D eigenvalue weighted by Gasteiger charge is 2.16. The third-order valence-electron chi connectivity index (χ3n) is 3.67. The van der Waals surface area contributed by atoms with E-state index in [4.69, 9.17) is 0 Å². The monoisotopic (exact) mass is 234 g/mol. The fraction of sp³-hybridized carbons (Fsp3) is 0.600. The SMILES string of the molecule is CCNCC(c1ccc(C)c(C)c1C)N(C)C. The number of benzene rings is 1. The Bertz CT molecular complexity index is 369. The smallest absolute Gasteiger partial charge is 0.0469 e. The number of hydrogen-bond donors (Lipinski definition) is 1. The second-order valence-electron chi connectivity index (χ2n) is 5.01. The van der Waals surface area contributed by atoms with Crippen LogP contribution < -0.4 is 5.32 Å². The molecule has 1 unspecified atom stereocenters. The zero-order valence-electron chi connectivity index (χ0n) is 12.1. The van der Waals surface area contributed by atoms with E-state index in [0.717, 1.165) is 13.1 Å². The van der Waals surface area contributed by atoms with Gasteiger partial charge in [-0.2, -0.15) is 0 Å². The molecule has 1 N–H and O–H groups in total. The van der Waals surface area contributed by atoms with Crippen LogP contribution in [-0.2, 0) is 0 Å². The number of nitrogens with zero attached hydrogens (tertiary/aromatic N) is 1. The lowest BCUT2D eigenvalue weighted by molar-refractivity contribution is 0.289. The van der Waals surface area contributed by atoms with Gasteiger partial charge in [-0.25, -0.2) is 0 Å². The van der Waals surface area contributed by atoms with Gasteiger partial charge in [-0.05, 0) is 63.7 Å². The molecule has 1 atom stereocenters. The molecule has 0 heterocycles. The lowest BCUT2D eigenvalue weighted by Gasteiger charge is -2.27. The number of rotatable bonds is 5. The molecule has 2 heteroatoms. The Morgan fingerprint density at radius 1 is 1.12 bits per heavy atom. The minimum Gasteiger partial charge on any atom is -0.315 e. The lowest BCUT2D eigenvalue weighted by Crippen LogP contribution is -2.31. The maximum Gasteiger partial charge on any atom is 0.0469 e. The van der Waals surface area contributed by atoms with Gasteiger partial charge in [0.25, 0.3) is 0 Å². The maximum absolute atomic E-state index is 3.45. The summed E-state index contributed by atoms with van der Waals surface area (Å²) in [6.07, 6.45) is 0. The van der Waals surface area contributed by atoms with Crippen molar-refractivity contribution in [3.8, 4) is 0 Å². The van der Waals surface area contributed by atoms with Gasteiger partial charge in [0, 0.05) is 12.6 Å². The maximum atomic E-state index is 3.45. The lowest BCUT2D eigenvalue weighted by atomic mass is 9.94. The summed E-state index contributed by atoms with van der Waals surface area (Å²) in [5.41, 5.74) is 5.68. The van der Waals surface area contributed by atoms with Gasteiger partial charge in [-0.1, -0.05) is 19.1 Å². The molecule has 0 bridgehead atoms. The molecular formula is C15H26N2. The van der Waals surface area contributed by atoms with Gasteiger partial charge in [-0.15, -0.1) is 0 Å². The minimum atomic E-state index is 0.453. The molecule has 0 aliphatic carbocycles. The summed E-state index contributed by atoms with van der Waals surface area (Å²) in [6.45, 7) is 10.8. The second kappa shape index (κ2) is 6.18. The molecule has 2 nitrogen and oxygen atoms in total. The largest absolute Gasteiger partial charge is 0.315 e. The van der Waals surface area contributed by atoms with Crippen molar-refractivity contribution in [3.05, 3.63) is 34.4 Å². The number of nitrogens with one attached hydrogen (secondary N) is 1. The van der Waals surface area contributed by atoms with Gasteiger partial charge in [-0.3, -0.25) is 0 Å². The second-order valence-corrected chi connectivity index (χ2v) is 5.01. The molecule has 0 aromatic heterocycles. The van der Waals surface area contributed by atoms with Gasteiger partial charge >= 0.3 is 0 Å². The Morgan fingerprint density at radius 2 is 1.76 bits per heavy atom. The van der Waals surface area contributed by atoms with Crippen LogP contribution in [-0.4, -0.2) is 32.1 Å². The van der Waals surface area contributed by atoms with E-state index in [9.17, 15) is 0 Å². The molecule has 0 spiro atoms. The van der Waals surface area contributed by atoms with Gasteiger partial charge in [0.15, 0.2) is 0 Å². The summed E-state index contributed by atoms with van der Waals surface area (Å²) in [4.78, 5) is 2.29. The van der Waals surface area contributed by atoms with Crippen LogP contribution in [0.4, 0.5) is 0 Å². The van der Waals surface area contributed by atoms with E-state index >= 15 is 0 Å². The van der Waals surface area contributed by atoms with Gasteiger partial charge < -0.3 is 10.2 Å². The Labute approximate surface area is 106 Å². The van der Waals surface area contributed by atoms with Crippen molar-refractivity contribution in [2.24, 2.45) is 0 Å². The summed E-state index contributed by atoms with van der Waals surface area (Å²) in [5, 5.41) is 3.45. The molecular weight excluding hydrogens is 208 g/mol. The van der Waals surface area contributed by atoms with Crippen LogP contribution in [0.1, 0.15) is 35.2 Å². The van der Waals surface area contributed by atoms with Crippen molar-refractivity contribution in [1.29, 1.82) is 0 Å². The highest BCUT2D eigenvalue weighted by atomic mass is 15.1. The van der Waals surface area contributed by atoms with Crippen molar-refractivity contribution in [1.82, 2.24) is 10.2 Å². The van der Waals surface area contributed by atoms with E-state index in [-0.39, 0.29) is 0 Å². The number of likely N-dealkylation sites (N-methyl/N-ethyl adjacent to an activating group) is 2. The van der Waals surface area contributed by atoms with Crippen molar-refractivity contribution < 1.29 is 0 Å². The third-order valence-corrected chi connectivity index (χ3v) is 3.67. The Hall–Kier alpha value is -0.860. The summed E-state index contributed by atoms with van der Waals surface area (Å²) < 4.78 is 0. The molecule has 0 amide bonds. The van der Waals surface area contributed by atoms with Crippen molar-refractivity contribution in [2.75, 3.05) is 27.2 Å². The van der Waals surface area contributed by atoms with Gasteiger partial charge in [0.05, 0.1) is 0 Å². The van der Waals surface area contributed by atoms with Crippen LogP contribution >= 0.6 is 0 Å². The van der Waals surface area contributed by atoms with Crippen LogP contribution in [0.25, 0.3) is 0 Å². The van der Waals surface area contributed by atoms with Crippen LogP contribution in [0.3, 0.4) is 0 Å². The van der Waals surface area contributed by atoms with Crippen LogP contribution in [0.2, 0.25) is 0 Å². The average Bonchev–Trinajstić information content (AvgIpc) is 2.28. The van der Waals surface area contributed by atoms with Gasteiger partial charge in [0.2, 0.25) is 0 Å². The Balaban J connectivity index is 3.06. The fourth-order valence-corrected chi connectivity index (χ4v) is 2.19. The van der Waals surface area contributed by atoms with Crippen LogP contribution in [0.15, 0.2) is 12.1 Å².